The number of phenols is 1. The van der Waals surface area contributed by atoms with Crippen LogP contribution in [0.15, 0.2) is 18.2 Å². The molecule has 0 heterocycles. The first-order valence-electron chi connectivity index (χ1n) is 5.73. The smallest absolute Gasteiger partial charge is 0.341 e. The van der Waals surface area contributed by atoms with E-state index in [1.807, 2.05) is 6.07 Å². The van der Waals surface area contributed by atoms with Crippen LogP contribution < -0.4 is 5.73 Å². The van der Waals surface area contributed by atoms with E-state index in [2.05, 4.69) is 4.74 Å². The van der Waals surface area contributed by atoms with Gasteiger partial charge in [-0.15, -0.1) is 0 Å². The molecule has 0 amide bonds. The number of aryl methyl sites for hydroxylation is 1. The summed E-state index contributed by atoms with van der Waals surface area (Å²) in [5.41, 5.74) is 7.23. The van der Waals surface area contributed by atoms with Gasteiger partial charge in [0.15, 0.2) is 0 Å². The Kier molecular flexibility index (Phi) is 3.07. The first kappa shape index (κ1) is 11.9. The Balaban J connectivity index is 2.10. The number of aromatic hydroxyl groups is 1. The van der Waals surface area contributed by atoms with Crippen LogP contribution in [0.3, 0.4) is 0 Å². The Morgan fingerprint density at radius 3 is 2.82 bits per heavy atom. The summed E-state index contributed by atoms with van der Waals surface area (Å²) in [4.78, 5) is 11.4. The molecule has 3 N–H and O–H groups in total. The van der Waals surface area contributed by atoms with Gasteiger partial charge in [0.25, 0.3) is 0 Å². The molecule has 0 aromatic heterocycles. The van der Waals surface area contributed by atoms with Gasteiger partial charge in [-0.05, 0) is 43.4 Å². The van der Waals surface area contributed by atoms with E-state index in [-0.39, 0.29) is 16.9 Å². The molecule has 0 saturated heterocycles. The number of hydrogen-bond acceptors (Lipinski definition) is 4. The summed E-state index contributed by atoms with van der Waals surface area (Å²) >= 11 is 0. The molecule has 1 fully saturated rings. The van der Waals surface area contributed by atoms with E-state index >= 15 is 0 Å². The van der Waals surface area contributed by atoms with Crippen molar-refractivity contribution in [1.29, 1.82) is 0 Å². The Morgan fingerprint density at radius 2 is 2.24 bits per heavy atom. The maximum absolute atomic E-state index is 11.4. The van der Waals surface area contributed by atoms with Crippen molar-refractivity contribution in [2.75, 3.05) is 7.11 Å². The van der Waals surface area contributed by atoms with Crippen molar-refractivity contribution in [2.24, 2.45) is 5.73 Å². The topological polar surface area (TPSA) is 72.5 Å². The van der Waals surface area contributed by atoms with Crippen LogP contribution in [-0.2, 0) is 11.2 Å². The van der Waals surface area contributed by atoms with Crippen molar-refractivity contribution in [2.45, 2.75) is 31.2 Å². The van der Waals surface area contributed by atoms with Crippen molar-refractivity contribution in [3.63, 3.8) is 0 Å². The molecular formula is C13H17NO3. The van der Waals surface area contributed by atoms with Crippen LogP contribution in [0.2, 0.25) is 0 Å². The van der Waals surface area contributed by atoms with Crippen LogP contribution in [0.1, 0.15) is 35.2 Å². The van der Waals surface area contributed by atoms with Gasteiger partial charge in [-0.3, -0.25) is 0 Å². The zero-order valence-electron chi connectivity index (χ0n) is 9.90. The summed E-state index contributed by atoms with van der Waals surface area (Å²) in [7, 11) is 1.30. The molecule has 1 aliphatic carbocycles. The molecule has 4 heteroatoms. The van der Waals surface area contributed by atoms with Gasteiger partial charge in [-0.2, -0.15) is 0 Å². The quantitative estimate of drug-likeness (QED) is 0.777. The number of ether oxygens (including phenoxy) is 1. The van der Waals surface area contributed by atoms with Crippen molar-refractivity contribution in [3.8, 4) is 5.75 Å². The number of phenolic OH excluding ortho intramolecular Hbond substituents is 1. The third-order valence-electron chi connectivity index (χ3n) is 3.27. The number of methoxy groups -OCH3 is 1. The SMILES string of the molecule is COC(=O)c1cc(CCC2(N)CC2)ccc1O. The van der Waals surface area contributed by atoms with E-state index in [0.717, 1.165) is 31.2 Å². The average molecular weight is 235 g/mol. The second-order valence-corrected chi connectivity index (χ2v) is 4.71. The summed E-state index contributed by atoms with van der Waals surface area (Å²) in [6, 6.07) is 5.01. The van der Waals surface area contributed by atoms with Crippen LogP contribution in [0.5, 0.6) is 5.75 Å². The summed E-state index contributed by atoms with van der Waals surface area (Å²) in [5, 5.41) is 9.55. The molecule has 0 spiro atoms. The van der Waals surface area contributed by atoms with Crippen molar-refractivity contribution in [3.05, 3.63) is 29.3 Å². The van der Waals surface area contributed by atoms with Crippen LogP contribution in [0, 0.1) is 0 Å². The van der Waals surface area contributed by atoms with Crippen LogP contribution in [0.25, 0.3) is 0 Å². The van der Waals surface area contributed by atoms with Gasteiger partial charge < -0.3 is 15.6 Å². The normalized spacial score (nSPS) is 16.6. The number of benzene rings is 1. The van der Waals surface area contributed by atoms with Crippen molar-refractivity contribution < 1.29 is 14.6 Å². The lowest BCUT2D eigenvalue weighted by Gasteiger charge is -2.09. The molecule has 0 bridgehead atoms. The van der Waals surface area contributed by atoms with Crippen LogP contribution >= 0.6 is 0 Å². The van der Waals surface area contributed by atoms with Gasteiger partial charge in [0.2, 0.25) is 0 Å². The molecule has 1 aromatic carbocycles. The fourth-order valence-electron chi connectivity index (χ4n) is 1.82. The highest BCUT2D eigenvalue weighted by Gasteiger charge is 2.37. The Hall–Kier alpha value is -1.55. The highest BCUT2D eigenvalue weighted by atomic mass is 16.5. The Bertz CT molecular complexity index is 438. The lowest BCUT2D eigenvalue weighted by molar-refractivity contribution is 0.0597. The highest BCUT2D eigenvalue weighted by molar-refractivity contribution is 5.92. The lowest BCUT2D eigenvalue weighted by Crippen LogP contribution is -2.22. The minimum absolute atomic E-state index is 0.00329. The Morgan fingerprint density at radius 1 is 1.53 bits per heavy atom. The largest absolute Gasteiger partial charge is 0.507 e. The minimum Gasteiger partial charge on any atom is -0.507 e. The lowest BCUT2D eigenvalue weighted by atomic mass is 10.0. The van der Waals surface area contributed by atoms with Gasteiger partial charge >= 0.3 is 5.97 Å². The molecule has 0 aliphatic heterocycles. The molecular weight excluding hydrogens is 218 g/mol. The second-order valence-electron chi connectivity index (χ2n) is 4.71. The van der Waals surface area contributed by atoms with Crippen LogP contribution in [-0.4, -0.2) is 23.7 Å². The van der Waals surface area contributed by atoms with E-state index in [9.17, 15) is 9.90 Å². The van der Waals surface area contributed by atoms with Crippen LogP contribution in [0.4, 0.5) is 0 Å². The zero-order chi connectivity index (χ0) is 12.5. The minimum atomic E-state index is -0.516. The maximum Gasteiger partial charge on any atom is 0.341 e. The number of carbonyl (C=O) groups is 1. The molecule has 0 atom stereocenters. The number of carbonyl (C=O) groups excluding carboxylic acids is 1. The first-order valence-corrected chi connectivity index (χ1v) is 5.73. The predicted molar refractivity (Wildman–Crippen MR) is 63.9 cm³/mol. The zero-order valence-corrected chi connectivity index (χ0v) is 9.90. The van der Waals surface area contributed by atoms with Gasteiger partial charge in [0.05, 0.1) is 7.11 Å². The van der Waals surface area contributed by atoms with E-state index in [4.69, 9.17) is 5.73 Å². The predicted octanol–water partition coefficient (Wildman–Crippen LogP) is 1.60. The molecule has 0 unspecified atom stereocenters. The molecule has 2 rings (SSSR count). The molecule has 1 saturated carbocycles. The van der Waals surface area contributed by atoms with Gasteiger partial charge in [0, 0.05) is 5.54 Å². The third-order valence-corrected chi connectivity index (χ3v) is 3.27. The number of hydrogen-bond donors (Lipinski definition) is 2. The first-order chi connectivity index (χ1) is 8.04. The fourth-order valence-corrected chi connectivity index (χ4v) is 1.82. The molecule has 92 valence electrons. The summed E-state index contributed by atoms with van der Waals surface area (Å²) in [5.74, 6) is -0.562. The summed E-state index contributed by atoms with van der Waals surface area (Å²) in [6.07, 6.45) is 3.89. The van der Waals surface area contributed by atoms with E-state index in [1.54, 1.807) is 6.07 Å². The third kappa shape index (κ3) is 2.77. The van der Waals surface area contributed by atoms with Gasteiger partial charge in [-0.1, -0.05) is 6.07 Å². The highest BCUT2D eigenvalue weighted by Crippen LogP contribution is 2.36. The van der Waals surface area contributed by atoms with E-state index in [0.29, 0.717) is 0 Å². The second kappa shape index (κ2) is 4.37. The molecule has 4 nitrogen and oxygen atoms in total. The number of esters is 1. The van der Waals surface area contributed by atoms with E-state index in [1.165, 1.54) is 13.2 Å². The molecule has 1 aromatic rings. The maximum atomic E-state index is 11.4. The molecule has 1 aliphatic rings. The standard InChI is InChI=1S/C13H17NO3/c1-17-12(16)10-8-9(2-3-11(10)15)4-5-13(14)6-7-13/h2-3,8,15H,4-7,14H2,1H3. The van der Waals surface area contributed by atoms with Crippen molar-refractivity contribution >= 4 is 5.97 Å². The average Bonchev–Trinajstić information content (AvgIpc) is 3.06. The van der Waals surface area contributed by atoms with Crippen molar-refractivity contribution in [1.82, 2.24) is 0 Å². The Labute approximate surface area is 100 Å². The van der Waals surface area contributed by atoms with E-state index < -0.39 is 5.97 Å². The van der Waals surface area contributed by atoms with Gasteiger partial charge in [0.1, 0.15) is 11.3 Å². The number of nitrogens with two attached hydrogens (primary N) is 1. The monoisotopic (exact) mass is 235 g/mol. The molecule has 17 heavy (non-hydrogen) atoms. The summed E-state index contributed by atoms with van der Waals surface area (Å²) in [6.45, 7) is 0. The molecule has 0 radical (unpaired) electrons. The van der Waals surface area contributed by atoms with Gasteiger partial charge in [-0.25, -0.2) is 4.79 Å². The number of rotatable bonds is 4. The summed E-state index contributed by atoms with van der Waals surface area (Å²) < 4.78 is 4.61. The fraction of sp³-hybridized carbons (Fsp3) is 0.462.